The van der Waals surface area contributed by atoms with E-state index in [0.29, 0.717) is 0 Å². The van der Waals surface area contributed by atoms with Crippen molar-refractivity contribution in [3.63, 3.8) is 0 Å². The van der Waals surface area contributed by atoms with Gasteiger partial charge in [0.25, 0.3) is 0 Å². The third-order valence-corrected chi connectivity index (χ3v) is 3.74. The molecule has 0 radical (unpaired) electrons. The number of rotatable bonds is 7. The minimum Gasteiger partial charge on any atom is -0.335 e. The first-order valence-electron chi connectivity index (χ1n) is 7.83. The maximum absolute atomic E-state index is 4.60. The first-order valence-corrected chi connectivity index (χ1v) is 7.83. The van der Waals surface area contributed by atoms with Crippen LogP contribution in [0.1, 0.15) is 49.1 Å². The van der Waals surface area contributed by atoms with Gasteiger partial charge in [0.1, 0.15) is 5.82 Å². The first kappa shape index (κ1) is 15.7. The van der Waals surface area contributed by atoms with E-state index in [4.69, 9.17) is 0 Å². The maximum atomic E-state index is 4.60. The van der Waals surface area contributed by atoms with E-state index in [1.165, 1.54) is 5.56 Å². The number of aromatic nitrogens is 3. The molecule has 0 aliphatic heterocycles. The van der Waals surface area contributed by atoms with E-state index in [0.717, 1.165) is 43.1 Å². The summed E-state index contributed by atoms with van der Waals surface area (Å²) in [6.07, 6.45) is 5.99. The molecule has 0 fully saturated rings. The summed E-state index contributed by atoms with van der Waals surface area (Å²) < 4.78 is 2.25. The Morgan fingerprint density at radius 1 is 1.24 bits per heavy atom. The minimum absolute atomic E-state index is 0.265. The van der Waals surface area contributed by atoms with Crippen LogP contribution in [0.2, 0.25) is 0 Å². The Morgan fingerprint density at radius 3 is 2.71 bits per heavy atom. The number of pyridine rings is 1. The zero-order valence-corrected chi connectivity index (χ0v) is 13.6. The number of hydrogen-bond acceptors (Lipinski definition) is 3. The van der Waals surface area contributed by atoms with Gasteiger partial charge in [-0.15, -0.1) is 0 Å². The lowest BCUT2D eigenvalue weighted by Gasteiger charge is -2.20. The Bertz CT molecular complexity index is 574. The van der Waals surface area contributed by atoms with Crippen molar-refractivity contribution in [2.75, 3.05) is 6.54 Å². The summed E-state index contributed by atoms with van der Waals surface area (Å²) in [5, 5.41) is 3.57. The summed E-state index contributed by atoms with van der Waals surface area (Å²) in [7, 11) is 0. The summed E-state index contributed by atoms with van der Waals surface area (Å²) in [4.78, 5) is 9.13. The van der Waals surface area contributed by atoms with Crippen LogP contribution in [-0.2, 0) is 13.0 Å². The predicted molar refractivity (Wildman–Crippen MR) is 86.4 cm³/mol. The molecular formula is C17H26N4. The van der Waals surface area contributed by atoms with E-state index in [-0.39, 0.29) is 6.04 Å². The third-order valence-electron chi connectivity index (χ3n) is 3.74. The molecule has 2 aromatic heterocycles. The molecule has 2 rings (SSSR count). The van der Waals surface area contributed by atoms with Gasteiger partial charge < -0.3 is 9.88 Å². The van der Waals surface area contributed by atoms with Crippen LogP contribution in [0.5, 0.6) is 0 Å². The van der Waals surface area contributed by atoms with E-state index in [1.807, 2.05) is 13.1 Å². The van der Waals surface area contributed by atoms with Crippen molar-refractivity contribution in [1.29, 1.82) is 0 Å². The number of hydrogen-bond donors (Lipinski definition) is 1. The van der Waals surface area contributed by atoms with Crippen molar-refractivity contribution in [2.45, 2.75) is 53.1 Å². The molecule has 2 heterocycles. The normalized spacial score (nSPS) is 12.6. The molecule has 0 aromatic carbocycles. The van der Waals surface area contributed by atoms with Crippen molar-refractivity contribution in [2.24, 2.45) is 0 Å². The van der Waals surface area contributed by atoms with Crippen molar-refractivity contribution in [3.05, 3.63) is 47.3 Å². The second-order valence-corrected chi connectivity index (χ2v) is 5.48. The van der Waals surface area contributed by atoms with Gasteiger partial charge in [-0.25, -0.2) is 4.98 Å². The van der Waals surface area contributed by atoms with Crippen LogP contribution in [0, 0.1) is 13.8 Å². The van der Waals surface area contributed by atoms with Gasteiger partial charge in [-0.2, -0.15) is 0 Å². The largest absolute Gasteiger partial charge is 0.335 e. The molecule has 21 heavy (non-hydrogen) atoms. The van der Waals surface area contributed by atoms with E-state index in [9.17, 15) is 0 Å². The average Bonchev–Trinajstić information content (AvgIpc) is 2.86. The average molecular weight is 286 g/mol. The molecule has 1 unspecified atom stereocenters. The van der Waals surface area contributed by atoms with E-state index >= 15 is 0 Å². The molecule has 1 atom stereocenters. The number of nitrogens with one attached hydrogen (secondary N) is 1. The summed E-state index contributed by atoms with van der Waals surface area (Å²) in [5.74, 6) is 1.14. The van der Waals surface area contributed by atoms with Crippen LogP contribution in [0.4, 0.5) is 0 Å². The highest BCUT2D eigenvalue weighted by Crippen LogP contribution is 2.21. The zero-order valence-electron chi connectivity index (χ0n) is 13.6. The molecule has 0 amide bonds. The lowest BCUT2D eigenvalue weighted by Crippen LogP contribution is -2.25. The fraction of sp³-hybridized carbons (Fsp3) is 0.529. The maximum Gasteiger partial charge on any atom is 0.110 e. The van der Waals surface area contributed by atoms with Gasteiger partial charge in [0.2, 0.25) is 0 Å². The number of aryl methyl sites for hydroxylation is 3. The summed E-state index contributed by atoms with van der Waals surface area (Å²) >= 11 is 0. The summed E-state index contributed by atoms with van der Waals surface area (Å²) in [6, 6.07) is 4.55. The molecule has 0 saturated carbocycles. The molecule has 0 saturated heterocycles. The second kappa shape index (κ2) is 7.36. The van der Waals surface area contributed by atoms with Gasteiger partial charge in [-0.05, 0) is 38.4 Å². The van der Waals surface area contributed by atoms with Gasteiger partial charge in [-0.3, -0.25) is 4.98 Å². The highest BCUT2D eigenvalue weighted by atomic mass is 15.1. The van der Waals surface area contributed by atoms with Crippen LogP contribution >= 0.6 is 0 Å². The molecule has 4 nitrogen and oxygen atoms in total. The molecular weight excluding hydrogens is 260 g/mol. The highest BCUT2D eigenvalue weighted by molar-refractivity contribution is 5.26. The molecule has 114 valence electrons. The first-order chi connectivity index (χ1) is 10.2. The quantitative estimate of drug-likeness (QED) is 0.850. The van der Waals surface area contributed by atoms with Crippen molar-refractivity contribution >= 4 is 0 Å². The smallest absolute Gasteiger partial charge is 0.110 e. The van der Waals surface area contributed by atoms with Crippen LogP contribution in [-0.4, -0.2) is 21.1 Å². The third kappa shape index (κ3) is 3.91. The fourth-order valence-electron chi connectivity index (χ4n) is 2.76. The highest BCUT2D eigenvalue weighted by Gasteiger charge is 2.17. The summed E-state index contributed by atoms with van der Waals surface area (Å²) in [5.41, 5.74) is 3.45. The molecule has 2 aromatic rings. The van der Waals surface area contributed by atoms with Crippen molar-refractivity contribution < 1.29 is 0 Å². The van der Waals surface area contributed by atoms with Gasteiger partial charge >= 0.3 is 0 Å². The zero-order chi connectivity index (χ0) is 15.2. The Morgan fingerprint density at radius 2 is 2.05 bits per heavy atom. The number of imidazole rings is 1. The van der Waals surface area contributed by atoms with Crippen LogP contribution in [0.15, 0.2) is 24.5 Å². The number of likely N-dealkylation sites (N-methyl/N-ethyl adjacent to an activating group) is 1. The van der Waals surface area contributed by atoms with Gasteiger partial charge in [0, 0.05) is 42.8 Å². The van der Waals surface area contributed by atoms with Crippen molar-refractivity contribution in [1.82, 2.24) is 19.9 Å². The monoisotopic (exact) mass is 286 g/mol. The van der Waals surface area contributed by atoms with Crippen LogP contribution < -0.4 is 5.32 Å². The molecule has 4 heteroatoms. The van der Waals surface area contributed by atoms with Crippen molar-refractivity contribution in [3.8, 4) is 0 Å². The van der Waals surface area contributed by atoms with Crippen LogP contribution in [0.25, 0.3) is 0 Å². The molecule has 0 aliphatic rings. The predicted octanol–water partition coefficient (Wildman–Crippen LogP) is 3.20. The van der Waals surface area contributed by atoms with E-state index in [2.05, 4.69) is 59.0 Å². The van der Waals surface area contributed by atoms with E-state index in [1.54, 1.807) is 0 Å². The molecule has 0 spiro atoms. The Labute approximate surface area is 127 Å². The minimum atomic E-state index is 0.265. The Kier molecular flexibility index (Phi) is 5.51. The summed E-state index contributed by atoms with van der Waals surface area (Å²) in [6.45, 7) is 10.4. The van der Waals surface area contributed by atoms with Gasteiger partial charge in [-0.1, -0.05) is 19.9 Å². The standard InChI is InChI=1S/C17H26N4/c1-5-10-21-11-9-19-17(21)12-16(18-6-2)15-8-7-13(3)20-14(15)4/h7-9,11,16,18H,5-6,10,12H2,1-4H3. The second-order valence-electron chi connectivity index (χ2n) is 5.48. The lowest BCUT2D eigenvalue weighted by molar-refractivity contribution is 0.512. The Balaban J connectivity index is 2.24. The Hall–Kier alpha value is -1.68. The van der Waals surface area contributed by atoms with Gasteiger partial charge in [0.15, 0.2) is 0 Å². The molecule has 1 N–H and O–H groups in total. The SMILES string of the molecule is CCCn1ccnc1CC(NCC)c1ccc(C)nc1C. The topological polar surface area (TPSA) is 42.7 Å². The fourth-order valence-corrected chi connectivity index (χ4v) is 2.76. The van der Waals surface area contributed by atoms with E-state index < -0.39 is 0 Å². The molecule has 0 bridgehead atoms. The molecule has 0 aliphatic carbocycles. The van der Waals surface area contributed by atoms with Crippen LogP contribution in [0.3, 0.4) is 0 Å². The van der Waals surface area contributed by atoms with Gasteiger partial charge in [0.05, 0.1) is 0 Å². The number of nitrogens with zero attached hydrogens (tertiary/aromatic N) is 3. The lowest BCUT2D eigenvalue weighted by atomic mass is 10.0.